The van der Waals surface area contributed by atoms with E-state index < -0.39 is 17.7 Å². The molecule has 2 aromatic rings. The van der Waals surface area contributed by atoms with Gasteiger partial charge >= 0.3 is 6.09 Å². The summed E-state index contributed by atoms with van der Waals surface area (Å²) in [5.74, 6) is 2.08. The topological polar surface area (TPSA) is 101 Å². The van der Waals surface area contributed by atoms with Crippen LogP contribution in [-0.2, 0) is 22.4 Å². The fraction of sp³-hybridized carbons (Fsp3) is 0.552. The molecule has 7 nitrogen and oxygen atoms in total. The molecule has 3 N–H and O–H groups in total. The molecule has 6 rings (SSSR count). The number of benzene rings is 1. The third-order valence-electron chi connectivity index (χ3n) is 8.40. The number of nitrogens with one attached hydrogen (secondary N) is 2. The maximum Gasteiger partial charge on any atom is 0.408 e. The first-order valence-electron chi connectivity index (χ1n) is 13.3. The van der Waals surface area contributed by atoms with E-state index in [1.54, 1.807) is 13.1 Å². The molecule has 7 heteroatoms. The van der Waals surface area contributed by atoms with Gasteiger partial charge in [0.25, 0.3) is 0 Å². The number of amides is 2. The molecular weight excluding hydrogens is 454 g/mol. The molecule has 1 heterocycles. The smallest absolute Gasteiger partial charge is 0.408 e. The zero-order valence-electron chi connectivity index (χ0n) is 20.9. The fourth-order valence-corrected chi connectivity index (χ4v) is 6.90. The van der Waals surface area contributed by atoms with Crippen molar-refractivity contribution in [1.29, 1.82) is 0 Å². The van der Waals surface area contributed by atoms with E-state index in [-0.39, 0.29) is 25.0 Å². The maximum absolute atomic E-state index is 13.6. The molecule has 4 aliphatic carbocycles. The summed E-state index contributed by atoms with van der Waals surface area (Å²) in [7, 11) is 0. The second-order valence-corrected chi connectivity index (χ2v) is 11.3. The number of pyridine rings is 1. The van der Waals surface area contributed by atoms with Crippen molar-refractivity contribution in [1.82, 2.24) is 15.6 Å². The van der Waals surface area contributed by atoms with E-state index in [1.165, 1.54) is 6.42 Å². The average Bonchev–Trinajstić information content (AvgIpc) is 2.86. The van der Waals surface area contributed by atoms with Gasteiger partial charge in [0.2, 0.25) is 5.91 Å². The number of aliphatic hydroxyl groups excluding tert-OH is 1. The van der Waals surface area contributed by atoms with E-state index in [2.05, 4.69) is 15.6 Å². The van der Waals surface area contributed by atoms with Gasteiger partial charge in [-0.1, -0.05) is 36.4 Å². The van der Waals surface area contributed by atoms with Crippen molar-refractivity contribution in [2.75, 3.05) is 6.61 Å². The predicted octanol–water partition coefficient (Wildman–Crippen LogP) is 3.65. The molecule has 2 atom stereocenters. The first-order chi connectivity index (χ1) is 17.4. The standard InChI is InChI=1S/C29H37N3O4/c1-29(17-24-9-5-6-10-30-24,27(34)31-25(18-33)16-19-7-3-2-4-8-19)32-28(35)36-26-22-12-20-11-21(14-22)15-23(26)13-20/h2-10,20-23,25-26,33H,11-18H2,1H3,(H,31,34)(H,32,35). The van der Waals surface area contributed by atoms with Gasteiger partial charge in [-0.15, -0.1) is 0 Å². The molecule has 36 heavy (non-hydrogen) atoms. The minimum Gasteiger partial charge on any atom is -0.446 e. The number of rotatable bonds is 9. The van der Waals surface area contributed by atoms with Crippen molar-refractivity contribution < 1.29 is 19.4 Å². The maximum atomic E-state index is 13.6. The molecule has 4 fully saturated rings. The number of hydrogen-bond acceptors (Lipinski definition) is 5. The average molecular weight is 492 g/mol. The molecule has 1 aromatic heterocycles. The minimum atomic E-state index is -1.29. The highest BCUT2D eigenvalue weighted by atomic mass is 16.6. The summed E-state index contributed by atoms with van der Waals surface area (Å²) < 4.78 is 6.04. The summed E-state index contributed by atoms with van der Waals surface area (Å²) in [6.45, 7) is 1.49. The lowest BCUT2D eigenvalue weighted by Gasteiger charge is -2.53. The van der Waals surface area contributed by atoms with Crippen LogP contribution in [0, 0.1) is 23.7 Å². The number of ether oxygens (including phenoxy) is 1. The second-order valence-electron chi connectivity index (χ2n) is 11.3. The van der Waals surface area contributed by atoms with Crippen molar-refractivity contribution in [3.8, 4) is 0 Å². The van der Waals surface area contributed by atoms with Gasteiger partial charge in [0.15, 0.2) is 0 Å². The summed E-state index contributed by atoms with van der Waals surface area (Å²) in [5.41, 5.74) is 0.410. The Morgan fingerprint density at radius 1 is 1.03 bits per heavy atom. The van der Waals surface area contributed by atoms with Crippen LogP contribution in [0.5, 0.6) is 0 Å². The molecule has 2 amide bonds. The zero-order valence-corrected chi connectivity index (χ0v) is 20.9. The van der Waals surface area contributed by atoms with Crippen LogP contribution in [0.3, 0.4) is 0 Å². The first-order valence-corrected chi connectivity index (χ1v) is 13.3. The Kier molecular flexibility index (Phi) is 7.28. The lowest BCUT2D eigenvalue weighted by Crippen LogP contribution is -2.61. The van der Waals surface area contributed by atoms with Crippen LogP contribution in [0.2, 0.25) is 0 Å². The van der Waals surface area contributed by atoms with Crippen LogP contribution >= 0.6 is 0 Å². The van der Waals surface area contributed by atoms with E-state index in [0.717, 1.165) is 43.1 Å². The normalized spacial score (nSPS) is 28.7. The Bertz CT molecular complexity index is 1020. The van der Waals surface area contributed by atoms with Gasteiger partial charge < -0.3 is 20.5 Å². The number of aromatic nitrogens is 1. The van der Waals surface area contributed by atoms with Crippen LogP contribution in [0.25, 0.3) is 0 Å². The van der Waals surface area contributed by atoms with Crippen molar-refractivity contribution in [2.45, 2.75) is 69.6 Å². The van der Waals surface area contributed by atoms with Crippen molar-refractivity contribution >= 4 is 12.0 Å². The summed E-state index contributed by atoms with van der Waals surface area (Å²) in [6.07, 6.45) is 7.68. The van der Waals surface area contributed by atoms with E-state index >= 15 is 0 Å². The number of nitrogens with zero attached hydrogens (tertiary/aromatic N) is 1. The number of alkyl carbamates (subject to hydrolysis) is 1. The van der Waals surface area contributed by atoms with Gasteiger partial charge in [-0.2, -0.15) is 0 Å². The Hall–Kier alpha value is -2.93. The molecule has 0 radical (unpaired) electrons. The summed E-state index contributed by atoms with van der Waals surface area (Å²) in [4.78, 5) is 31.2. The molecule has 1 aromatic carbocycles. The number of carbonyl (C=O) groups excluding carboxylic acids is 2. The molecule has 4 aliphatic rings. The largest absolute Gasteiger partial charge is 0.446 e. The van der Waals surface area contributed by atoms with Crippen LogP contribution < -0.4 is 10.6 Å². The molecule has 192 valence electrons. The van der Waals surface area contributed by atoms with Crippen LogP contribution in [-0.4, -0.2) is 46.4 Å². The highest BCUT2D eigenvalue weighted by Gasteiger charge is 2.50. The predicted molar refractivity (Wildman–Crippen MR) is 136 cm³/mol. The summed E-state index contributed by atoms with van der Waals surface area (Å²) in [5, 5.41) is 15.8. The highest BCUT2D eigenvalue weighted by molar-refractivity contribution is 5.90. The molecule has 4 bridgehead atoms. The van der Waals surface area contributed by atoms with Gasteiger partial charge in [0.05, 0.1) is 12.6 Å². The third kappa shape index (κ3) is 5.56. The van der Waals surface area contributed by atoms with E-state index in [1.807, 2.05) is 48.5 Å². The van der Waals surface area contributed by atoms with Crippen molar-refractivity contribution in [3.05, 3.63) is 66.0 Å². The monoisotopic (exact) mass is 491 g/mol. The quantitative estimate of drug-likeness (QED) is 0.497. The Balaban J connectivity index is 1.28. The van der Waals surface area contributed by atoms with Gasteiger partial charge in [0, 0.05) is 18.3 Å². The van der Waals surface area contributed by atoms with Gasteiger partial charge in [-0.05, 0) is 86.8 Å². The Labute approximate surface area is 213 Å². The van der Waals surface area contributed by atoms with E-state index in [0.29, 0.717) is 24.0 Å². The molecule has 0 spiro atoms. The minimum absolute atomic E-state index is 0.0665. The Morgan fingerprint density at radius 2 is 1.69 bits per heavy atom. The first kappa shape index (κ1) is 24.8. The summed E-state index contributed by atoms with van der Waals surface area (Å²) >= 11 is 0. The lowest BCUT2D eigenvalue weighted by atomic mass is 9.55. The molecular formula is C29H37N3O4. The van der Waals surface area contributed by atoms with Gasteiger partial charge in [0.1, 0.15) is 11.6 Å². The highest BCUT2D eigenvalue weighted by Crippen LogP contribution is 2.54. The second kappa shape index (κ2) is 10.6. The van der Waals surface area contributed by atoms with Crippen LogP contribution in [0.15, 0.2) is 54.7 Å². The molecule has 0 saturated heterocycles. The van der Waals surface area contributed by atoms with E-state index in [4.69, 9.17) is 4.74 Å². The summed E-state index contributed by atoms with van der Waals surface area (Å²) in [6, 6.07) is 14.7. The van der Waals surface area contributed by atoms with Gasteiger partial charge in [-0.25, -0.2) is 4.79 Å². The van der Waals surface area contributed by atoms with Crippen LogP contribution in [0.1, 0.15) is 50.3 Å². The molecule has 0 aliphatic heterocycles. The van der Waals surface area contributed by atoms with Crippen molar-refractivity contribution in [3.63, 3.8) is 0 Å². The molecule has 2 unspecified atom stereocenters. The fourth-order valence-electron chi connectivity index (χ4n) is 6.90. The number of carbonyl (C=O) groups is 2. The van der Waals surface area contributed by atoms with Gasteiger partial charge in [-0.3, -0.25) is 9.78 Å². The molecule has 4 saturated carbocycles. The number of aliphatic hydroxyl groups is 1. The lowest BCUT2D eigenvalue weighted by molar-refractivity contribution is -0.128. The third-order valence-corrected chi connectivity index (χ3v) is 8.40. The SMILES string of the molecule is CC(Cc1ccccn1)(NC(=O)OC1C2CC3CC(C2)CC1C3)C(=O)NC(CO)Cc1ccccc1. The Morgan fingerprint density at radius 3 is 2.31 bits per heavy atom. The van der Waals surface area contributed by atoms with Crippen molar-refractivity contribution in [2.24, 2.45) is 23.7 Å². The van der Waals surface area contributed by atoms with E-state index in [9.17, 15) is 14.7 Å². The number of hydrogen-bond donors (Lipinski definition) is 3. The van der Waals surface area contributed by atoms with Crippen LogP contribution in [0.4, 0.5) is 4.79 Å². The zero-order chi connectivity index (χ0) is 25.1.